The third-order valence-electron chi connectivity index (χ3n) is 5.55. The Kier molecular flexibility index (Phi) is 4.94. The normalized spacial score (nSPS) is 36.2. The number of likely N-dealkylation sites (tertiary alicyclic amines) is 1. The van der Waals surface area contributed by atoms with E-state index >= 15 is 0 Å². The Morgan fingerprint density at radius 1 is 1.21 bits per heavy atom. The van der Waals surface area contributed by atoms with Crippen LogP contribution in [0.3, 0.4) is 0 Å². The molecular formula is C17H34N2. The summed E-state index contributed by atoms with van der Waals surface area (Å²) in [7, 11) is 0. The molecule has 0 radical (unpaired) electrons. The van der Waals surface area contributed by atoms with Gasteiger partial charge >= 0.3 is 0 Å². The minimum Gasteiger partial charge on any atom is -0.313 e. The van der Waals surface area contributed by atoms with Gasteiger partial charge < -0.3 is 5.32 Å². The summed E-state index contributed by atoms with van der Waals surface area (Å²) in [5, 5.41) is 3.75. The fourth-order valence-electron chi connectivity index (χ4n) is 3.50. The zero-order valence-corrected chi connectivity index (χ0v) is 13.7. The summed E-state index contributed by atoms with van der Waals surface area (Å²) >= 11 is 0. The summed E-state index contributed by atoms with van der Waals surface area (Å²) in [4.78, 5) is 2.76. The zero-order chi connectivity index (χ0) is 14.0. The van der Waals surface area contributed by atoms with E-state index in [1.54, 1.807) is 0 Å². The maximum atomic E-state index is 3.75. The molecule has 0 bridgehead atoms. The molecule has 2 rings (SSSR count). The van der Waals surface area contributed by atoms with E-state index in [9.17, 15) is 0 Å². The lowest BCUT2D eigenvalue weighted by Crippen LogP contribution is -2.51. The Balaban J connectivity index is 1.90. The van der Waals surface area contributed by atoms with Crippen molar-refractivity contribution in [2.24, 2.45) is 17.3 Å². The molecule has 4 atom stereocenters. The fourth-order valence-corrected chi connectivity index (χ4v) is 3.50. The van der Waals surface area contributed by atoms with Crippen molar-refractivity contribution in [3.8, 4) is 0 Å². The standard InChI is InChI=1S/C17H34N2/c1-6-17(5,11-18-16-7-8-16)12-19-10-13(2)9-14(3)15(19)4/h13-16,18H,6-12H2,1-5H3. The number of piperidine rings is 1. The summed E-state index contributed by atoms with van der Waals surface area (Å²) < 4.78 is 0. The van der Waals surface area contributed by atoms with Gasteiger partial charge in [0.2, 0.25) is 0 Å². The molecule has 0 aromatic carbocycles. The van der Waals surface area contributed by atoms with Crippen LogP contribution in [0.25, 0.3) is 0 Å². The lowest BCUT2D eigenvalue weighted by atomic mass is 9.81. The first-order valence-corrected chi connectivity index (χ1v) is 8.41. The Morgan fingerprint density at radius 2 is 1.89 bits per heavy atom. The number of hydrogen-bond acceptors (Lipinski definition) is 2. The lowest BCUT2D eigenvalue weighted by Gasteiger charge is -2.45. The maximum Gasteiger partial charge on any atom is 0.00930 e. The fraction of sp³-hybridized carbons (Fsp3) is 1.00. The van der Waals surface area contributed by atoms with Crippen LogP contribution in [-0.2, 0) is 0 Å². The van der Waals surface area contributed by atoms with Crippen LogP contribution in [0.5, 0.6) is 0 Å². The third kappa shape index (κ3) is 4.19. The number of nitrogens with zero attached hydrogens (tertiary/aromatic N) is 1. The molecule has 1 saturated carbocycles. The Bertz CT molecular complexity index is 287. The van der Waals surface area contributed by atoms with Gasteiger partial charge in [0.05, 0.1) is 0 Å². The van der Waals surface area contributed by atoms with E-state index in [2.05, 4.69) is 44.8 Å². The molecule has 1 heterocycles. The Hall–Kier alpha value is -0.0800. The molecule has 2 fully saturated rings. The van der Waals surface area contributed by atoms with Gasteiger partial charge in [0.25, 0.3) is 0 Å². The average Bonchev–Trinajstić information content (AvgIpc) is 3.17. The van der Waals surface area contributed by atoms with Gasteiger partial charge in [-0.1, -0.05) is 27.7 Å². The number of rotatable bonds is 6. The second-order valence-electron chi connectivity index (χ2n) is 7.81. The van der Waals surface area contributed by atoms with E-state index in [-0.39, 0.29) is 0 Å². The molecule has 1 saturated heterocycles. The van der Waals surface area contributed by atoms with Crippen LogP contribution in [0, 0.1) is 17.3 Å². The van der Waals surface area contributed by atoms with Crippen molar-refractivity contribution < 1.29 is 0 Å². The highest BCUT2D eigenvalue weighted by Gasteiger charge is 2.34. The van der Waals surface area contributed by atoms with Crippen molar-refractivity contribution in [1.82, 2.24) is 10.2 Å². The van der Waals surface area contributed by atoms with Crippen molar-refractivity contribution >= 4 is 0 Å². The summed E-state index contributed by atoms with van der Waals surface area (Å²) in [6.07, 6.45) is 5.47. The number of nitrogens with one attached hydrogen (secondary N) is 1. The van der Waals surface area contributed by atoms with Gasteiger partial charge in [-0.25, -0.2) is 0 Å². The van der Waals surface area contributed by atoms with Crippen LogP contribution >= 0.6 is 0 Å². The summed E-state index contributed by atoms with van der Waals surface area (Å²) in [5.74, 6) is 1.71. The minimum absolute atomic E-state index is 0.438. The van der Waals surface area contributed by atoms with Crippen LogP contribution in [-0.4, -0.2) is 36.6 Å². The molecule has 0 aromatic heterocycles. The molecule has 1 aliphatic carbocycles. The topological polar surface area (TPSA) is 15.3 Å². The smallest absolute Gasteiger partial charge is 0.00930 e. The Labute approximate surface area is 120 Å². The molecule has 0 amide bonds. The second-order valence-corrected chi connectivity index (χ2v) is 7.81. The van der Waals surface area contributed by atoms with Gasteiger partial charge in [-0.05, 0) is 49.9 Å². The van der Waals surface area contributed by atoms with E-state index in [1.165, 1.54) is 45.3 Å². The van der Waals surface area contributed by atoms with Crippen molar-refractivity contribution in [3.05, 3.63) is 0 Å². The summed E-state index contributed by atoms with van der Waals surface area (Å²) in [6, 6.07) is 1.59. The predicted octanol–water partition coefficient (Wildman–Crippen LogP) is 3.52. The van der Waals surface area contributed by atoms with E-state index < -0.39 is 0 Å². The molecule has 0 spiro atoms. The second kappa shape index (κ2) is 6.13. The number of hydrogen-bond donors (Lipinski definition) is 1. The molecule has 2 aliphatic rings. The first kappa shape index (κ1) is 15.3. The van der Waals surface area contributed by atoms with E-state index in [0.717, 1.165) is 23.9 Å². The SMILES string of the molecule is CCC(C)(CNC1CC1)CN1CC(C)CC(C)C1C. The highest BCUT2D eigenvalue weighted by atomic mass is 15.2. The third-order valence-corrected chi connectivity index (χ3v) is 5.55. The molecule has 19 heavy (non-hydrogen) atoms. The minimum atomic E-state index is 0.438. The van der Waals surface area contributed by atoms with Crippen LogP contribution in [0.1, 0.15) is 60.3 Å². The molecule has 112 valence electrons. The first-order chi connectivity index (χ1) is 8.93. The van der Waals surface area contributed by atoms with E-state index in [1.807, 2.05) is 0 Å². The summed E-state index contributed by atoms with van der Waals surface area (Å²) in [6.45, 7) is 15.9. The molecular weight excluding hydrogens is 232 g/mol. The van der Waals surface area contributed by atoms with Crippen molar-refractivity contribution in [3.63, 3.8) is 0 Å². The predicted molar refractivity (Wildman–Crippen MR) is 83.4 cm³/mol. The lowest BCUT2D eigenvalue weighted by molar-refractivity contribution is 0.0395. The van der Waals surface area contributed by atoms with E-state index in [0.29, 0.717) is 5.41 Å². The van der Waals surface area contributed by atoms with Gasteiger partial charge in [0.1, 0.15) is 0 Å². The van der Waals surface area contributed by atoms with Crippen LogP contribution in [0.15, 0.2) is 0 Å². The van der Waals surface area contributed by atoms with Gasteiger partial charge in [-0.3, -0.25) is 4.90 Å². The summed E-state index contributed by atoms with van der Waals surface area (Å²) in [5.41, 5.74) is 0.438. The molecule has 0 aromatic rings. The van der Waals surface area contributed by atoms with Crippen LogP contribution < -0.4 is 5.32 Å². The zero-order valence-electron chi connectivity index (χ0n) is 13.7. The van der Waals surface area contributed by atoms with Gasteiger partial charge in [-0.2, -0.15) is 0 Å². The molecule has 1 aliphatic heterocycles. The highest BCUT2D eigenvalue weighted by Crippen LogP contribution is 2.32. The molecule has 2 nitrogen and oxygen atoms in total. The largest absolute Gasteiger partial charge is 0.313 e. The van der Waals surface area contributed by atoms with Gasteiger partial charge in [-0.15, -0.1) is 0 Å². The van der Waals surface area contributed by atoms with Crippen LogP contribution in [0.4, 0.5) is 0 Å². The molecule has 1 N–H and O–H groups in total. The Morgan fingerprint density at radius 3 is 2.47 bits per heavy atom. The molecule has 2 heteroatoms. The van der Waals surface area contributed by atoms with Crippen molar-refractivity contribution in [2.45, 2.75) is 72.4 Å². The molecule has 4 unspecified atom stereocenters. The van der Waals surface area contributed by atoms with Crippen molar-refractivity contribution in [1.29, 1.82) is 0 Å². The maximum absolute atomic E-state index is 3.75. The van der Waals surface area contributed by atoms with Gasteiger partial charge in [0, 0.05) is 31.7 Å². The quantitative estimate of drug-likeness (QED) is 0.791. The first-order valence-electron chi connectivity index (χ1n) is 8.41. The monoisotopic (exact) mass is 266 g/mol. The van der Waals surface area contributed by atoms with Gasteiger partial charge in [0.15, 0.2) is 0 Å². The van der Waals surface area contributed by atoms with Crippen LogP contribution in [0.2, 0.25) is 0 Å². The highest BCUT2D eigenvalue weighted by molar-refractivity contribution is 4.90. The average molecular weight is 266 g/mol. The van der Waals surface area contributed by atoms with Crippen molar-refractivity contribution in [2.75, 3.05) is 19.6 Å². The van der Waals surface area contributed by atoms with E-state index in [4.69, 9.17) is 0 Å².